The van der Waals surface area contributed by atoms with Crippen LogP contribution in [0.2, 0.25) is 0 Å². The molecule has 0 saturated heterocycles. The predicted molar refractivity (Wildman–Crippen MR) is 87.0 cm³/mol. The largest absolute Gasteiger partial charge is 0.299 e. The van der Waals surface area contributed by atoms with Gasteiger partial charge in [-0.2, -0.15) is 0 Å². The fourth-order valence-electron chi connectivity index (χ4n) is 5.76. The summed E-state index contributed by atoms with van der Waals surface area (Å²) in [6.07, 6.45) is 8.25. The Balaban J connectivity index is 1.83. The minimum absolute atomic E-state index is 0.00207. The van der Waals surface area contributed by atoms with Crippen molar-refractivity contribution in [2.45, 2.75) is 44.9 Å². The third-order valence-electron chi connectivity index (χ3n) is 7.08. The van der Waals surface area contributed by atoms with Crippen LogP contribution in [-0.4, -0.2) is 22.7 Å². The topological polar surface area (TPSA) is 51.2 Å². The van der Waals surface area contributed by atoms with E-state index in [0.717, 1.165) is 24.8 Å². The molecule has 122 valence electrons. The van der Waals surface area contributed by atoms with Crippen molar-refractivity contribution in [3.05, 3.63) is 23.8 Å². The van der Waals surface area contributed by atoms with Gasteiger partial charge in [0.15, 0.2) is 11.6 Å². The maximum Gasteiger partial charge on any atom is 0.178 e. The number of rotatable bonds is 0. The Hall–Kier alpha value is -1.22. The van der Waals surface area contributed by atoms with Crippen molar-refractivity contribution in [3.8, 4) is 0 Å². The van der Waals surface area contributed by atoms with Gasteiger partial charge in [-0.05, 0) is 43.3 Å². The zero-order valence-electron chi connectivity index (χ0n) is 13.5. The summed E-state index contributed by atoms with van der Waals surface area (Å²) in [7, 11) is 0. The van der Waals surface area contributed by atoms with Crippen LogP contribution in [0.1, 0.15) is 39.5 Å². The van der Waals surface area contributed by atoms with E-state index in [1.807, 2.05) is 13.0 Å². The van der Waals surface area contributed by atoms with Gasteiger partial charge in [0.25, 0.3) is 0 Å². The van der Waals surface area contributed by atoms with Crippen molar-refractivity contribution in [1.29, 1.82) is 0 Å². The number of ketones is 3. The van der Waals surface area contributed by atoms with Crippen molar-refractivity contribution >= 4 is 29.0 Å². The first-order valence-electron chi connectivity index (χ1n) is 8.45. The third-order valence-corrected chi connectivity index (χ3v) is 7.74. The summed E-state index contributed by atoms with van der Waals surface area (Å²) in [6.45, 7) is 3.95. The Morgan fingerprint density at radius 3 is 2.61 bits per heavy atom. The summed E-state index contributed by atoms with van der Waals surface area (Å²) in [5, 5.41) is -0.744. The second kappa shape index (κ2) is 4.66. The molecule has 4 aliphatic carbocycles. The van der Waals surface area contributed by atoms with Gasteiger partial charge in [0.05, 0.1) is 5.41 Å². The van der Waals surface area contributed by atoms with Crippen LogP contribution in [0.4, 0.5) is 0 Å². The lowest BCUT2D eigenvalue weighted by Gasteiger charge is -2.55. The lowest BCUT2D eigenvalue weighted by molar-refractivity contribution is -0.146. The monoisotopic (exact) mass is 332 g/mol. The zero-order valence-corrected chi connectivity index (χ0v) is 14.2. The molecular weight excluding hydrogens is 312 g/mol. The van der Waals surface area contributed by atoms with Gasteiger partial charge < -0.3 is 0 Å². The van der Waals surface area contributed by atoms with Crippen LogP contribution in [0, 0.1) is 28.6 Å². The Bertz CT molecular complexity index is 691. The van der Waals surface area contributed by atoms with E-state index < -0.39 is 16.2 Å². The number of carbonyl (C=O) groups excluding carboxylic acids is 3. The zero-order chi connectivity index (χ0) is 16.6. The van der Waals surface area contributed by atoms with Gasteiger partial charge in [-0.3, -0.25) is 14.4 Å². The Morgan fingerprint density at radius 2 is 1.87 bits per heavy atom. The van der Waals surface area contributed by atoms with E-state index >= 15 is 0 Å². The first-order chi connectivity index (χ1) is 10.8. The lowest BCUT2D eigenvalue weighted by atomic mass is 9.48. The number of Topliss-reactive ketones (excluding diaryl/α,β-unsaturated/α-hetero) is 2. The average Bonchev–Trinajstić information content (AvgIpc) is 2.82. The number of halogens is 1. The molecular formula is C19H21ClO3. The molecule has 0 radical (unpaired) electrons. The number of carbonyl (C=O) groups is 3. The quantitative estimate of drug-likeness (QED) is 0.640. The van der Waals surface area contributed by atoms with E-state index in [9.17, 15) is 14.4 Å². The molecule has 6 atom stereocenters. The molecule has 4 heteroatoms. The summed E-state index contributed by atoms with van der Waals surface area (Å²) in [5.41, 5.74) is -0.0732. The maximum atomic E-state index is 13.2. The van der Waals surface area contributed by atoms with Crippen molar-refractivity contribution in [2.24, 2.45) is 28.6 Å². The molecule has 0 bridgehead atoms. The van der Waals surface area contributed by atoms with Crippen molar-refractivity contribution in [2.75, 3.05) is 0 Å². The average molecular weight is 333 g/mol. The van der Waals surface area contributed by atoms with E-state index in [1.165, 1.54) is 0 Å². The summed E-state index contributed by atoms with van der Waals surface area (Å²) in [4.78, 5) is 37.3. The van der Waals surface area contributed by atoms with E-state index in [2.05, 4.69) is 6.92 Å². The molecule has 0 N–H and O–H groups in total. The number of hydrogen-bond donors (Lipinski definition) is 0. The van der Waals surface area contributed by atoms with Gasteiger partial charge in [-0.1, -0.05) is 25.5 Å². The highest BCUT2D eigenvalue weighted by Crippen LogP contribution is 2.63. The van der Waals surface area contributed by atoms with Gasteiger partial charge in [-0.25, -0.2) is 0 Å². The highest BCUT2D eigenvalue weighted by atomic mass is 35.5. The van der Waals surface area contributed by atoms with E-state index in [4.69, 9.17) is 11.6 Å². The molecule has 0 heterocycles. The Morgan fingerprint density at radius 1 is 1.13 bits per heavy atom. The van der Waals surface area contributed by atoms with Crippen LogP contribution in [0.25, 0.3) is 0 Å². The molecule has 4 rings (SSSR count). The summed E-state index contributed by atoms with van der Waals surface area (Å²) in [6, 6.07) is 0. The van der Waals surface area contributed by atoms with E-state index in [0.29, 0.717) is 6.42 Å². The fraction of sp³-hybridized carbons (Fsp3) is 0.632. The van der Waals surface area contributed by atoms with E-state index in [1.54, 1.807) is 12.2 Å². The van der Waals surface area contributed by atoms with Gasteiger partial charge >= 0.3 is 0 Å². The SMILES string of the molecule is C[C@@]12C(=O)CC[C@H]1[C@@H]1CCC3=CC(=O)C=C[C@]3(C)[C@H]1C(=O)[C@@H]2Cl. The van der Waals surface area contributed by atoms with Gasteiger partial charge in [0.2, 0.25) is 0 Å². The normalized spacial score (nSPS) is 48.7. The van der Waals surface area contributed by atoms with Crippen molar-refractivity contribution in [1.82, 2.24) is 0 Å². The molecule has 0 aromatic rings. The molecule has 0 spiro atoms. The number of alkyl halides is 1. The first kappa shape index (κ1) is 15.3. The van der Waals surface area contributed by atoms with Crippen LogP contribution in [-0.2, 0) is 14.4 Å². The molecule has 0 aromatic carbocycles. The molecule has 3 saturated carbocycles. The molecule has 0 amide bonds. The molecule has 23 heavy (non-hydrogen) atoms. The van der Waals surface area contributed by atoms with Crippen molar-refractivity contribution < 1.29 is 14.4 Å². The smallest absolute Gasteiger partial charge is 0.178 e. The highest BCUT2D eigenvalue weighted by Gasteiger charge is 2.65. The maximum absolute atomic E-state index is 13.2. The van der Waals surface area contributed by atoms with E-state index in [-0.39, 0.29) is 35.1 Å². The molecule has 0 aliphatic heterocycles. The Labute approximate surface area is 141 Å². The van der Waals surface area contributed by atoms with Gasteiger partial charge in [0, 0.05) is 17.8 Å². The minimum Gasteiger partial charge on any atom is -0.299 e. The molecule has 0 aromatic heterocycles. The second-order valence-electron chi connectivity index (χ2n) is 7.98. The van der Waals surface area contributed by atoms with Gasteiger partial charge in [-0.15, -0.1) is 11.6 Å². The van der Waals surface area contributed by atoms with Crippen LogP contribution >= 0.6 is 11.6 Å². The molecule has 3 fully saturated rings. The van der Waals surface area contributed by atoms with Crippen LogP contribution in [0.5, 0.6) is 0 Å². The highest BCUT2D eigenvalue weighted by molar-refractivity contribution is 6.34. The Kier molecular flexibility index (Phi) is 3.10. The number of fused-ring (bicyclic) bond motifs is 5. The van der Waals surface area contributed by atoms with Crippen LogP contribution < -0.4 is 0 Å². The van der Waals surface area contributed by atoms with Crippen molar-refractivity contribution in [3.63, 3.8) is 0 Å². The summed E-state index contributed by atoms with van der Waals surface area (Å²) < 4.78 is 0. The summed E-state index contributed by atoms with van der Waals surface area (Å²) >= 11 is 6.57. The van der Waals surface area contributed by atoms with Gasteiger partial charge in [0.1, 0.15) is 11.2 Å². The van der Waals surface area contributed by atoms with Crippen LogP contribution in [0.3, 0.4) is 0 Å². The second-order valence-corrected chi connectivity index (χ2v) is 8.42. The third kappa shape index (κ3) is 1.75. The van der Waals surface area contributed by atoms with Crippen LogP contribution in [0.15, 0.2) is 23.8 Å². The number of hydrogen-bond acceptors (Lipinski definition) is 3. The minimum atomic E-state index is -0.744. The molecule has 3 nitrogen and oxygen atoms in total. The number of allylic oxidation sites excluding steroid dienone is 4. The standard InChI is InChI=1S/C19H21ClO3/c1-18-8-7-11(21)9-10(18)3-4-12-13-5-6-14(22)19(13,2)17(20)16(23)15(12)18/h7-9,12-13,15,17H,3-6H2,1-2H3/t12-,13-,15+,17-,18-,19-/m0/s1. The fourth-order valence-corrected chi connectivity index (χ4v) is 6.18. The first-order valence-corrected chi connectivity index (χ1v) is 8.89. The predicted octanol–water partition coefficient (Wildman–Crippen LogP) is 3.26. The lowest BCUT2D eigenvalue weighted by Crippen LogP contribution is -2.59. The summed E-state index contributed by atoms with van der Waals surface area (Å²) in [5.74, 6) is 0.312. The molecule has 0 unspecified atom stereocenters. The molecule has 4 aliphatic rings.